The van der Waals surface area contributed by atoms with Gasteiger partial charge < -0.3 is 5.73 Å². The molecule has 1 unspecified atom stereocenters. The highest BCUT2D eigenvalue weighted by Crippen LogP contribution is 2.29. The summed E-state index contributed by atoms with van der Waals surface area (Å²) in [5, 5.41) is 7.92. The van der Waals surface area contributed by atoms with Crippen molar-refractivity contribution >= 4 is 17.6 Å². The van der Waals surface area contributed by atoms with Crippen molar-refractivity contribution in [3.05, 3.63) is 24.0 Å². The molecule has 0 saturated heterocycles. The molecule has 1 heterocycles. The number of nitrogens with one attached hydrogen (secondary N) is 1. The van der Waals surface area contributed by atoms with Crippen molar-refractivity contribution in [2.75, 3.05) is 0 Å². The van der Waals surface area contributed by atoms with Gasteiger partial charge in [0.05, 0.1) is 0 Å². The number of amidine groups is 1. The van der Waals surface area contributed by atoms with Crippen molar-refractivity contribution in [2.24, 2.45) is 11.7 Å². The van der Waals surface area contributed by atoms with E-state index in [0.29, 0.717) is 16.9 Å². The molecule has 0 spiro atoms. The van der Waals surface area contributed by atoms with Gasteiger partial charge in [-0.05, 0) is 18.1 Å². The van der Waals surface area contributed by atoms with Gasteiger partial charge in [-0.2, -0.15) is 0 Å². The smallest absolute Gasteiger partial charge is 0.142 e. The van der Waals surface area contributed by atoms with Crippen LogP contribution in [-0.4, -0.2) is 16.1 Å². The Kier molecular flexibility index (Phi) is 4.15. The fourth-order valence-corrected chi connectivity index (χ4v) is 2.13. The Morgan fingerprint density at radius 2 is 2.13 bits per heavy atom. The first-order chi connectivity index (χ1) is 7.02. The molecule has 1 atom stereocenters. The van der Waals surface area contributed by atoms with Crippen molar-refractivity contribution in [1.29, 1.82) is 5.41 Å². The number of thioether (sulfide) groups is 1. The molecule has 0 aliphatic heterocycles. The minimum atomic E-state index is 0.0362. The van der Waals surface area contributed by atoms with Crippen LogP contribution in [0.5, 0.6) is 0 Å². The molecular formula is C11H17N3S. The first kappa shape index (κ1) is 12.0. The lowest BCUT2D eigenvalue weighted by molar-refractivity contribution is 0.642. The lowest BCUT2D eigenvalue weighted by Gasteiger charge is -2.16. The van der Waals surface area contributed by atoms with Crippen LogP contribution < -0.4 is 5.73 Å². The Bertz CT molecular complexity index is 349. The van der Waals surface area contributed by atoms with E-state index in [-0.39, 0.29) is 5.84 Å². The molecule has 0 aliphatic rings. The average Bonchev–Trinajstić information content (AvgIpc) is 2.18. The highest BCUT2D eigenvalue weighted by Gasteiger charge is 2.13. The maximum Gasteiger partial charge on any atom is 0.142 e. The van der Waals surface area contributed by atoms with Gasteiger partial charge >= 0.3 is 0 Å². The zero-order chi connectivity index (χ0) is 11.4. The first-order valence-corrected chi connectivity index (χ1v) is 5.86. The van der Waals surface area contributed by atoms with Crippen molar-refractivity contribution in [1.82, 2.24) is 4.98 Å². The molecule has 3 nitrogen and oxygen atoms in total. The molecule has 1 aromatic heterocycles. The maximum absolute atomic E-state index is 7.43. The van der Waals surface area contributed by atoms with E-state index < -0.39 is 0 Å². The summed E-state index contributed by atoms with van der Waals surface area (Å²) in [4.78, 5) is 5.11. The molecule has 0 radical (unpaired) electrons. The van der Waals surface area contributed by atoms with E-state index in [9.17, 15) is 0 Å². The minimum absolute atomic E-state index is 0.0362. The number of nitrogen functional groups attached to an aromatic ring is 1. The van der Waals surface area contributed by atoms with E-state index in [1.54, 1.807) is 18.0 Å². The van der Waals surface area contributed by atoms with Gasteiger partial charge in [0.1, 0.15) is 11.5 Å². The van der Waals surface area contributed by atoms with Gasteiger partial charge in [0.2, 0.25) is 0 Å². The van der Waals surface area contributed by atoms with E-state index in [1.807, 2.05) is 12.1 Å². The van der Waals surface area contributed by atoms with Gasteiger partial charge in [0.25, 0.3) is 0 Å². The number of nitrogens with two attached hydrogens (primary N) is 1. The number of nitrogens with zero attached hydrogens (tertiary/aromatic N) is 1. The van der Waals surface area contributed by atoms with Crippen LogP contribution in [0.15, 0.2) is 23.2 Å². The largest absolute Gasteiger partial charge is 0.382 e. The van der Waals surface area contributed by atoms with Crippen molar-refractivity contribution in [3.8, 4) is 0 Å². The highest BCUT2D eigenvalue weighted by molar-refractivity contribution is 8.00. The summed E-state index contributed by atoms with van der Waals surface area (Å²) >= 11 is 1.72. The second-order valence-electron chi connectivity index (χ2n) is 3.83. The molecular weight excluding hydrogens is 206 g/mol. The van der Waals surface area contributed by atoms with Gasteiger partial charge in [-0.15, -0.1) is 11.8 Å². The van der Waals surface area contributed by atoms with E-state index >= 15 is 0 Å². The minimum Gasteiger partial charge on any atom is -0.382 e. The summed E-state index contributed by atoms with van der Waals surface area (Å²) in [6, 6.07) is 3.84. The molecule has 3 N–H and O–H groups in total. The predicted molar refractivity (Wildman–Crippen MR) is 65.4 cm³/mol. The summed E-state index contributed by atoms with van der Waals surface area (Å²) in [6.45, 7) is 6.54. The average molecular weight is 223 g/mol. The third-order valence-electron chi connectivity index (χ3n) is 2.28. The van der Waals surface area contributed by atoms with E-state index in [1.165, 1.54) is 0 Å². The second-order valence-corrected chi connectivity index (χ2v) is 5.25. The van der Waals surface area contributed by atoms with Crippen molar-refractivity contribution in [2.45, 2.75) is 30.9 Å². The van der Waals surface area contributed by atoms with Crippen LogP contribution in [0.1, 0.15) is 26.5 Å². The summed E-state index contributed by atoms with van der Waals surface area (Å²) in [7, 11) is 0. The monoisotopic (exact) mass is 223 g/mol. The number of aromatic nitrogens is 1. The molecule has 82 valence electrons. The molecule has 4 heteroatoms. The first-order valence-electron chi connectivity index (χ1n) is 4.98. The SMILES string of the molecule is CC(C)C(C)Sc1cccnc1C(=N)N. The molecule has 0 saturated carbocycles. The molecule has 1 aromatic rings. The van der Waals surface area contributed by atoms with Gasteiger partial charge in [0, 0.05) is 16.3 Å². The predicted octanol–water partition coefficient (Wildman–Crippen LogP) is 2.50. The Balaban J connectivity index is 2.89. The zero-order valence-corrected chi connectivity index (χ0v) is 10.1. The van der Waals surface area contributed by atoms with Gasteiger partial charge in [-0.1, -0.05) is 20.8 Å². The topological polar surface area (TPSA) is 62.8 Å². The van der Waals surface area contributed by atoms with Gasteiger partial charge in [-0.3, -0.25) is 10.4 Å². The number of pyridine rings is 1. The lowest BCUT2D eigenvalue weighted by Crippen LogP contribution is -2.15. The fourth-order valence-electron chi connectivity index (χ4n) is 1.02. The molecule has 0 aliphatic carbocycles. The Morgan fingerprint density at radius 1 is 1.47 bits per heavy atom. The molecule has 0 amide bonds. The number of hydrogen-bond acceptors (Lipinski definition) is 3. The van der Waals surface area contributed by atoms with Gasteiger partial charge in [0.15, 0.2) is 0 Å². The third-order valence-corrected chi connectivity index (χ3v) is 3.78. The van der Waals surface area contributed by atoms with E-state index in [2.05, 4.69) is 25.8 Å². The third kappa shape index (κ3) is 3.23. The van der Waals surface area contributed by atoms with Crippen LogP contribution >= 0.6 is 11.8 Å². The Labute approximate surface area is 95.0 Å². The number of hydrogen-bond donors (Lipinski definition) is 2. The molecule has 0 aromatic carbocycles. The highest BCUT2D eigenvalue weighted by atomic mass is 32.2. The quantitative estimate of drug-likeness (QED) is 0.468. The van der Waals surface area contributed by atoms with Crippen LogP contribution in [0, 0.1) is 11.3 Å². The van der Waals surface area contributed by atoms with Crippen molar-refractivity contribution < 1.29 is 0 Å². The lowest BCUT2D eigenvalue weighted by atomic mass is 10.2. The summed E-state index contributed by atoms with van der Waals surface area (Å²) in [5.41, 5.74) is 6.07. The van der Waals surface area contributed by atoms with Crippen molar-refractivity contribution in [3.63, 3.8) is 0 Å². The van der Waals surface area contributed by atoms with Crippen LogP contribution in [0.25, 0.3) is 0 Å². The Hall–Kier alpha value is -1.03. The van der Waals surface area contributed by atoms with Crippen LogP contribution in [0.3, 0.4) is 0 Å². The summed E-state index contributed by atoms with van der Waals surface area (Å²) < 4.78 is 0. The molecule has 0 bridgehead atoms. The maximum atomic E-state index is 7.43. The van der Waals surface area contributed by atoms with Gasteiger partial charge in [-0.25, -0.2) is 0 Å². The zero-order valence-electron chi connectivity index (χ0n) is 9.32. The van der Waals surface area contributed by atoms with E-state index in [4.69, 9.17) is 11.1 Å². The van der Waals surface area contributed by atoms with Crippen LogP contribution in [-0.2, 0) is 0 Å². The Morgan fingerprint density at radius 3 is 2.67 bits per heavy atom. The fraction of sp³-hybridized carbons (Fsp3) is 0.455. The number of rotatable bonds is 4. The summed E-state index contributed by atoms with van der Waals surface area (Å²) in [6.07, 6.45) is 1.67. The second kappa shape index (κ2) is 5.16. The normalized spacial score (nSPS) is 12.8. The standard InChI is InChI=1S/C11H17N3S/c1-7(2)8(3)15-9-5-4-6-14-10(9)11(12)13/h4-8H,1-3H3,(H3,12,13). The molecule has 0 fully saturated rings. The van der Waals surface area contributed by atoms with Crippen LogP contribution in [0.2, 0.25) is 0 Å². The molecule has 1 rings (SSSR count). The molecule has 15 heavy (non-hydrogen) atoms. The van der Waals surface area contributed by atoms with Crippen LogP contribution in [0.4, 0.5) is 0 Å². The summed E-state index contributed by atoms with van der Waals surface area (Å²) in [5.74, 6) is 0.629. The van der Waals surface area contributed by atoms with E-state index in [0.717, 1.165) is 4.90 Å².